The number of rotatable bonds is 49. The van der Waals surface area contributed by atoms with Gasteiger partial charge in [0.25, 0.3) is 0 Å². The first-order valence-corrected chi connectivity index (χ1v) is 45.9. The van der Waals surface area contributed by atoms with Gasteiger partial charge in [-0.15, -0.1) is 0 Å². The molecule has 0 unspecified atom stereocenters. The lowest BCUT2D eigenvalue weighted by atomic mass is 9.98. The highest BCUT2D eigenvalue weighted by atomic mass is 32.2. The van der Waals surface area contributed by atoms with E-state index in [1.807, 2.05) is 0 Å². The molecule has 136 heavy (non-hydrogen) atoms. The summed E-state index contributed by atoms with van der Waals surface area (Å²) in [6.45, 7) is 4.53. The molecule has 16 amide bonds. The number of unbranched alkanes of at least 4 members (excludes halogenated alkanes) is 2. The summed E-state index contributed by atoms with van der Waals surface area (Å²) in [5.41, 5.74) is 36.9. The smallest absolute Gasteiger partial charge is 0.246 e. The van der Waals surface area contributed by atoms with Crippen LogP contribution >= 0.6 is 11.8 Å². The number of fused-ring (bicyclic) bond motifs is 2. The van der Waals surface area contributed by atoms with E-state index in [-0.39, 0.29) is 115 Å². The molecule has 7 rings (SSSR count). The van der Waals surface area contributed by atoms with Crippen LogP contribution in [-0.4, -0.2) is 268 Å². The Balaban J connectivity index is 1.24. The summed E-state index contributed by atoms with van der Waals surface area (Å²) in [4.78, 5) is 236. The van der Waals surface area contributed by atoms with Crippen molar-refractivity contribution in [2.75, 3.05) is 58.2 Å². The highest BCUT2D eigenvalue weighted by Crippen LogP contribution is 2.31. The van der Waals surface area contributed by atoms with Crippen LogP contribution in [0.15, 0.2) is 116 Å². The number of hydrogen-bond acceptors (Lipinski definition) is 24. The normalized spacial score (nSPS) is 18.2. The number of primary amides is 2. The van der Waals surface area contributed by atoms with Crippen molar-refractivity contribution in [3.05, 3.63) is 138 Å². The maximum absolute atomic E-state index is 16.0. The third-order valence-electron chi connectivity index (χ3n) is 22.2. The molecule has 6 aromatic rings. The van der Waals surface area contributed by atoms with Crippen molar-refractivity contribution in [3.8, 4) is 5.75 Å². The van der Waals surface area contributed by atoms with Crippen LogP contribution in [0.2, 0.25) is 0 Å². The van der Waals surface area contributed by atoms with Gasteiger partial charge in [0.2, 0.25) is 94.5 Å². The number of para-hydroxylation sites is 2. The van der Waals surface area contributed by atoms with Crippen LogP contribution in [0.4, 0.5) is 0 Å². The zero-order chi connectivity index (χ0) is 99.6. The number of benzene rings is 4. The van der Waals surface area contributed by atoms with E-state index in [9.17, 15) is 58.2 Å². The largest absolute Gasteiger partial charge is 0.508 e. The van der Waals surface area contributed by atoms with Crippen LogP contribution in [0.3, 0.4) is 0 Å². The van der Waals surface area contributed by atoms with Crippen LogP contribution in [0, 0.1) is 10.8 Å². The van der Waals surface area contributed by atoms with Crippen molar-refractivity contribution in [3.63, 3.8) is 0 Å². The third-order valence-corrected chi connectivity index (χ3v) is 23.7. The van der Waals surface area contributed by atoms with Crippen LogP contribution in [0.25, 0.3) is 21.8 Å². The number of aromatic nitrogens is 2. The van der Waals surface area contributed by atoms with Gasteiger partial charge in [0.15, 0.2) is 11.9 Å². The number of hydrogen-bond donors (Lipinski definition) is 28. The summed E-state index contributed by atoms with van der Waals surface area (Å²) in [5, 5.41) is 81.0. The fourth-order valence-electron chi connectivity index (χ4n) is 14.9. The lowest BCUT2D eigenvalue weighted by Gasteiger charge is -2.36. The number of phenolic OH excluding ortho intramolecular Hbond substituents is 1. The number of nitrogens with one attached hydrogen (secondary N) is 20. The van der Waals surface area contributed by atoms with E-state index in [2.05, 4.69) is 95.0 Å². The second-order valence-corrected chi connectivity index (χ2v) is 35.3. The molecule has 13 atom stereocenters. The van der Waals surface area contributed by atoms with Crippen LogP contribution < -0.4 is 119 Å². The number of carbonyl (C=O) groups is 16. The topological polar surface area (TPSA) is 751 Å². The molecule has 740 valence electrons. The summed E-state index contributed by atoms with van der Waals surface area (Å²) < 4.78 is 3.75. The summed E-state index contributed by atoms with van der Waals surface area (Å²) in [6, 6.07) is 8.85. The Morgan fingerprint density at radius 1 is 0.515 bits per heavy atom. The van der Waals surface area contributed by atoms with Gasteiger partial charge in [-0.05, 0) is 163 Å². The van der Waals surface area contributed by atoms with Gasteiger partial charge in [0.05, 0.1) is 19.3 Å². The van der Waals surface area contributed by atoms with E-state index in [0.717, 1.165) is 18.7 Å². The van der Waals surface area contributed by atoms with E-state index in [1.165, 1.54) is 45.0 Å². The summed E-state index contributed by atoms with van der Waals surface area (Å²) in [5.74, 6) is -16.0. The van der Waals surface area contributed by atoms with E-state index in [4.69, 9.17) is 50.0 Å². The number of amides is 16. The van der Waals surface area contributed by atoms with Crippen molar-refractivity contribution in [2.45, 2.75) is 220 Å². The minimum atomic E-state index is -1.86. The van der Waals surface area contributed by atoms with Crippen molar-refractivity contribution < 1.29 is 91.7 Å². The molecule has 2 aromatic heterocycles. The number of aliphatic hydroxyl groups excluding tert-OH is 1. The Hall–Kier alpha value is -14.0. The quantitative estimate of drug-likeness (QED) is 0.00973. The second kappa shape index (κ2) is 55.6. The number of phenols is 1. The third kappa shape index (κ3) is 36.8. The molecule has 0 bridgehead atoms. The number of nitrogens with two attached hydrogens (primary N) is 6. The number of aromatic hydroxyl groups is 1. The molecule has 0 saturated carbocycles. The maximum atomic E-state index is 16.0. The molecule has 0 radical (unpaired) electrons. The molecular weight excluding hydrogens is 1780 g/mol. The van der Waals surface area contributed by atoms with Crippen molar-refractivity contribution in [1.82, 2.24) is 95.0 Å². The number of aromatic amines is 2. The fourth-order valence-corrected chi connectivity index (χ4v) is 16.2. The van der Waals surface area contributed by atoms with Gasteiger partial charge >= 0.3 is 0 Å². The molecular formula is C90H130N26O19S. The summed E-state index contributed by atoms with van der Waals surface area (Å²) in [7, 11) is 0. The van der Waals surface area contributed by atoms with Gasteiger partial charge in [-0.3, -0.25) is 87.5 Å². The fraction of sp³-hybridized carbons (Fsp3) is 0.489. The predicted octanol–water partition coefficient (Wildman–Crippen LogP) is -4.46. The van der Waals surface area contributed by atoms with Crippen molar-refractivity contribution >= 4 is 140 Å². The van der Waals surface area contributed by atoms with Crippen LogP contribution in [0.5, 0.6) is 5.75 Å². The van der Waals surface area contributed by atoms with Gasteiger partial charge in [-0.25, -0.2) is 0 Å². The van der Waals surface area contributed by atoms with Gasteiger partial charge in [-0.1, -0.05) is 78.9 Å². The highest BCUT2D eigenvalue weighted by molar-refractivity contribution is 8.00. The zero-order valence-corrected chi connectivity index (χ0v) is 77.4. The highest BCUT2D eigenvalue weighted by Gasteiger charge is 2.43. The molecule has 0 spiro atoms. The Kier molecular flexibility index (Phi) is 44.6. The zero-order valence-electron chi connectivity index (χ0n) is 76.6. The van der Waals surface area contributed by atoms with E-state index in [0.29, 0.717) is 69.9 Å². The standard InChI is InChI=1S/C90H130N26O19S/c1-50(117)74-86(133)113-70(45-55-47-103-60-23-11-9-21-58(55)60)85(132)110-65(32-33-71(93)120)82(129)116-75(90(3,4)136-41-34-66(105-51(2)118)80(127)108-64(81(128)115-74)27-17-38-101-89(97)98)87(134)114-68(43-53-28-30-56(119)31-29-53)83(130)112-69(44-54-46-102-59-22-10-8-20-57(54)59)84(131)109-63(26-16-37-100-88(95)96)78(125)107-62(25-13-15-36-92)79(126)111-67(42-52-18-6-5-7-19-52)77(124)104-48-72(121)99-39-40-135-49-73(122)106-61(76(94)123)24-12-14-35-91/h5-11,18-23,28-31,46-47,50,61-70,74-75,102-103,117,119H,12-17,24-27,32-45,48-49,91-92H2,1-4H3,(H2,93,120)(H2,94,123)(H,99,121)(H,104,124)(H,105,118)(H,106,122)(H,107,125)(H,108,127)(H,109,131)(H,110,132)(H,111,126)(H,112,130)(H,113,133)(H,114,134)(H,115,128)(H,116,129)(H4,95,96,100)(H4,97,98,101)/t50-,61-,62+,63+,64+,65+,66+,67+,68+,69+,70+,74+,75-/m1/s1. The Bertz CT molecular complexity index is 5100. The average Bonchev–Trinajstić information content (AvgIpc) is 1.37. The Labute approximate surface area is 790 Å². The molecule has 45 nitrogen and oxygen atoms in total. The van der Waals surface area contributed by atoms with Gasteiger partial charge in [-0.2, -0.15) is 11.8 Å². The maximum Gasteiger partial charge on any atom is 0.246 e. The molecule has 1 aliphatic heterocycles. The average molecular weight is 1910 g/mol. The number of H-pyrrole nitrogens is 2. The van der Waals surface area contributed by atoms with Gasteiger partial charge in [0, 0.05) is 97.6 Å². The van der Waals surface area contributed by atoms with E-state index >= 15 is 28.8 Å². The van der Waals surface area contributed by atoms with Crippen molar-refractivity contribution in [2.24, 2.45) is 34.4 Å². The van der Waals surface area contributed by atoms with Gasteiger partial charge in [0.1, 0.15) is 84.9 Å². The molecule has 34 N–H and O–H groups in total. The molecule has 1 saturated heterocycles. The first-order valence-electron chi connectivity index (χ1n) is 44.9. The predicted molar refractivity (Wildman–Crippen MR) is 506 cm³/mol. The SMILES string of the molecule is CC(=O)N[C@H]1CCSC(C)(C)[C@@H](C(=O)N[C@@H](Cc2ccc(O)cc2)C(=O)N[C@@H](Cc2c[nH]c3ccccc23)C(=O)N[C@@H](CCCNC(=N)N)C(=O)N[C@@H](CCCCN)C(=O)N[C@@H](Cc2ccccc2)C(=O)NCC(=O)NCCOCC(=O)N[C@H](CCCCN)C(N)=O)NC(=O)[C@H](CCC(N)=O)NC(=O)[C@H](Cc2c[nH]c3ccccc23)NC(=O)[C@H]([C@@H](C)O)NC(=O)[C@H](CCCNC(=N)N)NC1=O. The number of carbonyl (C=O) groups excluding carboxylic acids is 16. The van der Waals surface area contributed by atoms with Crippen molar-refractivity contribution in [1.29, 1.82) is 10.8 Å². The molecule has 1 fully saturated rings. The summed E-state index contributed by atoms with van der Waals surface area (Å²) >= 11 is 0.965. The number of aliphatic hydroxyl groups is 1. The molecule has 1 aliphatic rings. The molecule has 4 aromatic carbocycles. The Morgan fingerprint density at radius 3 is 1.60 bits per heavy atom. The minimum absolute atomic E-state index is 0.0173. The lowest BCUT2D eigenvalue weighted by Crippen LogP contribution is -2.64. The lowest BCUT2D eigenvalue weighted by molar-refractivity contribution is -0.137. The van der Waals surface area contributed by atoms with Crippen LogP contribution in [0.1, 0.15) is 133 Å². The first-order chi connectivity index (χ1) is 64.8. The molecule has 46 heteroatoms. The monoisotopic (exact) mass is 1910 g/mol. The number of thioether (sulfide) groups is 1. The van der Waals surface area contributed by atoms with Crippen LogP contribution in [-0.2, 0) is 107 Å². The molecule has 0 aliphatic carbocycles. The van der Waals surface area contributed by atoms with E-state index in [1.54, 1.807) is 91.3 Å². The second-order valence-electron chi connectivity index (χ2n) is 33.5. The Morgan fingerprint density at radius 2 is 1.01 bits per heavy atom. The molecule has 3 heterocycles. The van der Waals surface area contributed by atoms with Gasteiger partial charge < -0.3 is 144 Å². The number of guanidine groups is 2. The van der Waals surface area contributed by atoms with E-state index < -0.39 is 222 Å². The number of ether oxygens (including phenoxy) is 1. The minimum Gasteiger partial charge on any atom is -0.508 e. The first kappa shape index (κ1) is 109. The summed E-state index contributed by atoms with van der Waals surface area (Å²) in [6.07, 6.45) is 0.425.